The SMILES string of the molecule is CC(C)n1cnc2c(NC3CCN(Cc4ccccc4)CC3)nc(Nc3nccc4ccccc34)nc21. The van der Waals surface area contributed by atoms with Crippen molar-refractivity contribution in [3.05, 3.63) is 78.8 Å². The van der Waals surface area contributed by atoms with Gasteiger partial charge in [0, 0.05) is 43.3 Å². The Morgan fingerprint density at radius 3 is 2.49 bits per heavy atom. The number of nitrogens with zero attached hydrogens (tertiary/aromatic N) is 6. The molecule has 0 aliphatic carbocycles. The summed E-state index contributed by atoms with van der Waals surface area (Å²) in [5.41, 5.74) is 2.98. The Balaban J connectivity index is 1.25. The number of benzene rings is 2. The van der Waals surface area contributed by atoms with Gasteiger partial charge in [-0.25, -0.2) is 9.97 Å². The van der Waals surface area contributed by atoms with Gasteiger partial charge in [-0.05, 0) is 43.7 Å². The van der Waals surface area contributed by atoms with Gasteiger partial charge in [-0.1, -0.05) is 54.6 Å². The number of hydrogen-bond donors (Lipinski definition) is 2. The highest BCUT2D eigenvalue weighted by atomic mass is 15.2. The third-order valence-corrected chi connectivity index (χ3v) is 7.06. The lowest BCUT2D eigenvalue weighted by Gasteiger charge is -2.32. The van der Waals surface area contributed by atoms with Crippen LogP contribution in [0, 0.1) is 0 Å². The maximum absolute atomic E-state index is 4.89. The van der Waals surface area contributed by atoms with Gasteiger partial charge in [0.2, 0.25) is 5.95 Å². The molecule has 2 N–H and O–H groups in total. The van der Waals surface area contributed by atoms with Gasteiger partial charge in [-0.3, -0.25) is 4.90 Å². The molecule has 8 nitrogen and oxygen atoms in total. The van der Waals surface area contributed by atoms with Crippen LogP contribution in [-0.4, -0.2) is 48.5 Å². The molecule has 5 aromatic rings. The van der Waals surface area contributed by atoms with E-state index in [1.807, 2.05) is 30.7 Å². The molecule has 2 aromatic carbocycles. The standard InChI is InChI=1S/C29H32N8/c1-20(2)37-19-31-25-27(32-23-13-16-36(17-14-23)18-21-8-4-3-5-9-21)34-29(35-28(25)37)33-26-24-11-7-6-10-22(24)12-15-30-26/h3-12,15,19-20,23H,13-14,16-18H2,1-2H3,(H2,30,32,33,34,35). The summed E-state index contributed by atoms with van der Waals surface area (Å²) in [4.78, 5) is 21.6. The molecule has 6 rings (SSSR count). The average molecular weight is 493 g/mol. The van der Waals surface area contributed by atoms with E-state index in [1.165, 1.54) is 5.56 Å². The molecule has 0 atom stereocenters. The van der Waals surface area contributed by atoms with Gasteiger partial charge < -0.3 is 15.2 Å². The summed E-state index contributed by atoms with van der Waals surface area (Å²) in [5, 5.41) is 9.25. The summed E-state index contributed by atoms with van der Waals surface area (Å²) in [7, 11) is 0. The Morgan fingerprint density at radius 2 is 1.68 bits per heavy atom. The summed E-state index contributed by atoms with van der Waals surface area (Å²) in [6.45, 7) is 7.37. The first-order valence-corrected chi connectivity index (χ1v) is 13.0. The predicted octanol–water partition coefficient (Wildman–Crippen LogP) is 5.78. The lowest BCUT2D eigenvalue weighted by molar-refractivity contribution is 0.211. The quantitative estimate of drug-likeness (QED) is 0.298. The summed E-state index contributed by atoms with van der Waals surface area (Å²) in [6, 6.07) is 21.5. The fourth-order valence-corrected chi connectivity index (χ4v) is 5.05. The number of hydrogen-bond acceptors (Lipinski definition) is 7. The van der Waals surface area contributed by atoms with E-state index in [9.17, 15) is 0 Å². The first kappa shape index (κ1) is 23.4. The van der Waals surface area contributed by atoms with Crippen LogP contribution in [0.5, 0.6) is 0 Å². The molecule has 0 saturated carbocycles. The molecule has 0 bridgehead atoms. The minimum absolute atomic E-state index is 0.234. The Kier molecular flexibility index (Phi) is 6.40. The molecule has 3 aromatic heterocycles. The van der Waals surface area contributed by atoms with Crippen molar-refractivity contribution in [2.24, 2.45) is 0 Å². The van der Waals surface area contributed by atoms with Crippen molar-refractivity contribution < 1.29 is 0 Å². The molecule has 1 aliphatic heterocycles. The Hall–Kier alpha value is -4.04. The maximum atomic E-state index is 4.89. The highest BCUT2D eigenvalue weighted by Crippen LogP contribution is 2.28. The second-order valence-electron chi connectivity index (χ2n) is 10.00. The molecule has 1 fully saturated rings. The van der Waals surface area contributed by atoms with Gasteiger partial charge in [0.15, 0.2) is 17.0 Å². The highest BCUT2D eigenvalue weighted by molar-refractivity contribution is 5.93. The van der Waals surface area contributed by atoms with Gasteiger partial charge >= 0.3 is 0 Å². The molecular formula is C29H32N8. The smallest absolute Gasteiger partial charge is 0.232 e. The fourth-order valence-electron chi connectivity index (χ4n) is 5.05. The van der Waals surface area contributed by atoms with Gasteiger partial charge in [-0.2, -0.15) is 9.97 Å². The number of aromatic nitrogens is 5. The van der Waals surface area contributed by atoms with E-state index in [2.05, 4.69) is 81.4 Å². The second-order valence-corrected chi connectivity index (χ2v) is 10.00. The van der Waals surface area contributed by atoms with Crippen LogP contribution in [0.25, 0.3) is 21.9 Å². The second kappa shape index (κ2) is 10.1. The van der Waals surface area contributed by atoms with E-state index >= 15 is 0 Å². The van der Waals surface area contributed by atoms with E-state index in [4.69, 9.17) is 15.0 Å². The van der Waals surface area contributed by atoms with Crippen LogP contribution in [0.2, 0.25) is 0 Å². The van der Waals surface area contributed by atoms with Crippen molar-refractivity contribution in [2.45, 2.75) is 45.3 Å². The van der Waals surface area contributed by atoms with Crippen molar-refractivity contribution in [1.82, 2.24) is 29.4 Å². The van der Waals surface area contributed by atoms with Crippen LogP contribution >= 0.6 is 0 Å². The average Bonchev–Trinajstić information content (AvgIpc) is 3.35. The van der Waals surface area contributed by atoms with Crippen molar-refractivity contribution >= 4 is 39.5 Å². The number of likely N-dealkylation sites (tertiary alicyclic amines) is 1. The Morgan fingerprint density at radius 1 is 0.892 bits per heavy atom. The van der Waals surface area contributed by atoms with Gasteiger partial charge in [0.1, 0.15) is 5.82 Å². The number of pyridine rings is 1. The molecule has 0 spiro atoms. The summed E-state index contributed by atoms with van der Waals surface area (Å²) in [6.07, 6.45) is 5.77. The Bertz CT molecular complexity index is 1500. The van der Waals surface area contributed by atoms with E-state index in [-0.39, 0.29) is 6.04 Å². The van der Waals surface area contributed by atoms with Crippen LogP contribution in [0.3, 0.4) is 0 Å². The fraction of sp³-hybridized carbons (Fsp3) is 0.310. The minimum atomic E-state index is 0.234. The van der Waals surface area contributed by atoms with Crippen molar-refractivity contribution in [1.29, 1.82) is 0 Å². The monoisotopic (exact) mass is 492 g/mol. The Labute approximate surface area is 216 Å². The van der Waals surface area contributed by atoms with Gasteiger partial charge in [0.25, 0.3) is 0 Å². The van der Waals surface area contributed by atoms with Crippen LogP contribution in [0.1, 0.15) is 38.3 Å². The predicted molar refractivity (Wildman–Crippen MR) is 149 cm³/mol. The van der Waals surface area contributed by atoms with Crippen LogP contribution in [-0.2, 0) is 6.54 Å². The normalized spacial score (nSPS) is 15.0. The number of imidazole rings is 1. The molecule has 0 amide bonds. The third-order valence-electron chi connectivity index (χ3n) is 7.06. The molecule has 1 saturated heterocycles. The number of rotatable bonds is 7. The first-order valence-electron chi connectivity index (χ1n) is 13.0. The number of piperidine rings is 1. The van der Waals surface area contributed by atoms with Crippen LogP contribution in [0.4, 0.5) is 17.6 Å². The molecule has 0 radical (unpaired) electrons. The lowest BCUT2D eigenvalue weighted by atomic mass is 10.0. The molecular weight excluding hydrogens is 460 g/mol. The molecule has 4 heterocycles. The topological polar surface area (TPSA) is 83.8 Å². The number of fused-ring (bicyclic) bond motifs is 2. The molecule has 1 aliphatic rings. The van der Waals surface area contributed by atoms with Crippen LogP contribution in [0.15, 0.2) is 73.2 Å². The molecule has 37 heavy (non-hydrogen) atoms. The zero-order chi connectivity index (χ0) is 25.2. The van der Waals surface area contributed by atoms with E-state index in [1.54, 1.807) is 0 Å². The van der Waals surface area contributed by atoms with E-state index < -0.39 is 0 Å². The highest BCUT2D eigenvalue weighted by Gasteiger charge is 2.22. The summed E-state index contributed by atoms with van der Waals surface area (Å²) in [5.74, 6) is 2.03. The maximum Gasteiger partial charge on any atom is 0.232 e. The van der Waals surface area contributed by atoms with Crippen molar-refractivity contribution in [3.63, 3.8) is 0 Å². The lowest BCUT2D eigenvalue weighted by Crippen LogP contribution is -2.38. The van der Waals surface area contributed by atoms with Crippen molar-refractivity contribution in [2.75, 3.05) is 23.7 Å². The summed E-state index contributed by atoms with van der Waals surface area (Å²) < 4.78 is 2.09. The molecule has 188 valence electrons. The van der Waals surface area contributed by atoms with Crippen molar-refractivity contribution in [3.8, 4) is 0 Å². The molecule has 8 heteroatoms. The van der Waals surface area contributed by atoms with Crippen LogP contribution < -0.4 is 10.6 Å². The first-order chi connectivity index (χ1) is 18.1. The largest absolute Gasteiger partial charge is 0.365 e. The summed E-state index contributed by atoms with van der Waals surface area (Å²) >= 11 is 0. The van der Waals surface area contributed by atoms with Gasteiger partial charge in [0.05, 0.1) is 6.33 Å². The minimum Gasteiger partial charge on any atom is -0.365 e. The molecule has 0 unspecified atom stereocenters. The van der Waals surface area contributed by atoms with Gasteiger partial charge in [-0.15, -0.1) is 0 Å². The third kappa shape index (κ3) is 4.97. The zero-order valence-electron chi connectivity index (χ0n) is 21.3. The number of anilines is 3. The number of nitrogens with one attached hydrogen (secondary N) is 2. The van der Waals surface area contributed by atoms with E-state index in [0.29, 0.717) is 12.0 Å². The van der Waals surface area contributed by atoms with E-state index in [0.717, 1.165) is 66.0 Å². The zero-order valence-corrected chi connectivity index (χ0v) is 21.3.